The van der Waals surface area contributed by atoms with Crippen molar-refractivity contribution in [3.8, 4) is 34.2 Å². The van der Waals surface area contributed by atoms with E-state index in [9.17, 15) is 0 Å². The number of nitrogens with zero attached hydrogens (tertiary/aromatic N) is 4. The van der Waals surface area contributed by atoms with Gasteiger partial charge in [-0.05, 0) is 74.8 Å². The highest BCUT2D eigenvalue weighted by atomic mass is 16.3. The van der Waals surface area contributed by atoms with Crippen molar-refractivity contribution in [2.75, 3.05) is 4.90 Å². The third kappa shape index (κ3) is 5.45. The van der Waals surface area contributed by atoms with Gasteiger partial charge in [0.2, 0.25) is 0 Å². The van der Waals surface area contributed by atoms with Crippen molar-refractivity contribution >= 4 is 71.3 Å². The fourth-order valence-corrected chi connectivity index (χ4v) is 7.93. The number of hydrogen-bond donors (Lipinski definition) is 0. The van der Waals surface area contributed by atoms with Gasteiger partial charge in [0, 0.05) is 45.0 Å². The summed E-state index contributed by atoms with van der Waals surface area (Å²) in [5.74, 6) is 1.77. The van der Waals surface area contributed by atoms with E-state index in [1.807, 2.05) is 60.7 Å². The Hall–Kier alpha value is -7.63. The van der Waals surface area contributed by atoms with Crippen LogP contribution in [0.15, 0.2) is 199 Å². The zero-order chi connectivity index (χ0) is 37.0. The molecular formula is C51H32N4O. The number of fused-ring (bicyclic) bond motifs is 7. The molecule has 0 radical (unpaired) electrons. The smallest absolute Gasteiger partial charge is 0.167 e. The minimum atomic E-state index is 0.557. The lowest BCUT2D eigenvalue weighted by molar-refractivity contribution is 0.670. The predicted octanol–water partition coefficient (Wildman–Crippen LogP) is 13.7. The molecule has 0 aliphatic rings. The number of benzene rings is 9. The van der Waals surface area contributed by atoms with Crippen LogP contribution in [0.25, 0.3) is 88.4 Å². The van der Waals surface area contributed by atoms with Crippen molar-refractivity contribution in [3.05, 3.63) is 194 Å². The lowest BCUT2D eigenvalue weighted by Crippen LogP contribution is -2.09. The molecule has 0 amide bonds. The maximum absolute atomic E-state index is 7.01. The Labute approximate surface area is 322 Å². The Balaban J connectivity index is 1.15. The van der Waals surface area contributed by atoms with Gasteiger partial charge in [-0.3, -0.25) is 0 Å². The maximum Gasteiger partial charge on any atom is 0.167 e. The van der Waals surface area contributed by atoms with Crippen molar-refractivity contribution in [1.29, 1.82) is 0 Å². The Kier molecular flexibility index (Phi) is 7.42. The lowest BCUT2D eigenvalue weighted by Gasteiger charge is -2.26. The monoisotopic (exact) mass is 716 g/mol. The lowest BCUT2D eigenvalue weighted by atomic mass is 9.99. The molecule has 2 heterocycles. The van der Waals surface area contributed by atoms with Crippen LogP contribution in [-0.4, -0.2) is 15.0 Å². The van der Waals surface area contributed by atoms with E-state index in [4.69, 9.17) is 19.4 Å². The van der Waals surface area contributed by atoms with Crippen LogP contribution in [-0.2, 0) is 0 Å². The topological polar surface area (TPSA) is 55.1 Å². The second-order valence-corrected chi connectivity index (χ2v) is 14.1. The molecule has 0 aliphatic carbocycles. The summed E-state index contributed by atoms with van der Waals surface area (Å²) >= 11 is 0. The van der Waals surface area contributed by atoms with Crippen LogP contribution in [0.2, 0.25) is 0 Å². The summed E-state index contributed by atoms with van der Waals surface area (Å²) in [7, 11) is 0. The number of hydrogen-bond acceptors (Lipinski definition) is 5. The molecule has 11 aromatic rings. The highest BCUT2D eigenvalue weighted by Crippen LogP contribution is 2.44. The molecular weight excluding hydrogens is 685 g/mol. The quantitative estimate of drug-likeness (QED) is 0.171. The van der Waals surface area contributed by atoms with Crippen LogP contribution in [0.1, 0.15) is 0 Å². The zero-order valence-electron chi connectivity index (χ0n) is 30.2. The van der Waals surface area contributed by atoms with Gasteiger partial charge >= 0.3 is 0 Å². The van der Waals surface area contributed by atoms with E-state index < -0.39 is 0 Å². The fourth-order valence-electron chi connectivity index (χ4n) is 7.93. The van der Waals surface area contributed by atoms with Crippen LogP contribution < -0.4 is 4.90 Å². The molecule has 0 saturated heterocycles. The zero-order valence-corrected chi connectivity index (χ0v) is 30.2. The largest absolute Gasteiger partial charge is 0.455 e. The van der Waals surface area contributed by atoms with Gasteiger partial charge in [0.1, 0.15) is 11.2 Å². The first-order chi connectivity index (χ1) is 27.7. The Morgan fingerprint density at radius 1 is 0.357 bits per heavy atom. The summed E-state index contributed by atoms with van der Waals surface area (Å²) in [5, 5.41) is 9.01. The Bertz CT molecular complexity index is 3130. The first kappa shape index (κ1) is 31.9. The predicted molar refractivity (Wildman–Crippen MR) is 231 cm³/mol. The van der Waals surface area contributed by atoms with Crippen LogP contribution in [0, 0.1) is 0 Å². The summed E-state index contributed by atoms with van der Waals surface area (Å²) in [5.41, 5.74) is 7.29. The highest BCUT2D eigenvalue weighted by Gasteiger charge is 2.22. The van der Waals surface area contributed by atoms with Crippen LogP contribution in [0.3, 0.4) is 0 Å². The number of anilines is 3. The minimum Gasteiger partial charge on any atom is -0.455 e. The number of aromatic nitrogens is 3. The van der Waals surface area contributed by atoms with Gasteiger partial charge in [-0.15, -0.1) is 0 Å². The summed E-state index contributed by atoms with van der Waals surface area (Å²) in [6.07, 6.45) is 0. The first-order valence-corrected chi connectivity index (χ1v) is 18.8. The molecule has 0 atom stereocenters. The molecule has 56 heavy (non-hydrogen) atoms. The van der Waals surface area contributed by atoms with Crippen molar-refractivity contribution in [3.63, 3.8) is 0 Å². The normalized spacial score (nSPS) is 11.6. The second-order valence-electron chi connectivity index (χ2n) is 14.1. The van der Waals surface area contributed by atoms with Gasteiger partial charge in [0.15, 0.2) is 17.5 Å². The van der Waals surface area contributed by atoms with E-state index in [-0.39, 0.29) is 0 Å². The van der Waals surface area contributed by atoms with E-state index in [1.165, 1.54) is 21.5 Å². The molecule has 0 fully saturated rings. The van der Waals surface area contributed by atoms with Crippen molar-refractivity contribution in [2.45, 2.75) is 0 Å². The van der Waals surface area contributed by atoms with Gasteiger partial charge in [0.05, 0.1) is 5.56 Å². The summed E-state index contributed by atoms with van der Waals surface area (Å²) in [6, 6.07) is 67.6. The molecule has 5 heteroatoms. The van der Waals surface area contributed by atoms with Crippen molar-refractivity contribution in [2.24, 2.45) is 0 Å². The summed E-state index contributed by atoms with van der Waals surface area (Å²) in [4.78, 5) is 17.5. The molecule has 5 nitrogen and oxygen atoms in total. The van der Waals surface area contributed by atoms with Gasteiger partial charge in [-0.25, -0.2) is 15.0 Å². The fraction of sp³-hybridized carbons (Fsp3) is 0. The van der Waals surface area contributed by atoms with E-state index >= 15 is 0 Å². The maximum atomic E-state index is 7.01. The minimum absolute atomic E-state index is 0.557. The van der Waals surface area contributed by atoms with Gasteiger partial charge < -0.3 is 9.32 Å². The molecule has 0 unspecified atom stereocenters. The van der Waals surface area contributed by atoms with Crippen LogP contribution >= 0.6 is 0 Å². The van der Waals surface area contributed by atoms with E-state index in [1.54, 1.807) is 0 Å². The van der Waals surface area contributed by atoms with Crippen LogP contribution in [0.5, 0.6) is 0 Å². The molecule has 0 aliphatic heterocycles. The van der Waals surface area contributed by atoms with Crippen molar-refractivity contribution in [1.82, 2.24) is 15.0 Å². The first-order valence-electron chi connectivity index (χ1n) is 18.8. The molecule has 9 aromatic carbocycles. The van der Waals surface area contributed by atoms with Crippen molar-refractivity contribution < 1.29 is 4.42 Å². The van der Waals surface area contributed by atoms with E-state index in [0.717, 1.165) is 66.5 Å². The molecule has 0 N–H and O–H groups in total. The van der Waals surface area contributed by atoms with Gasteiger partial charge in [-0.2, -0.15) is 0 Å². The Morgan fingerprint density at radius 3 is 1.45 bits per heavy atom. The van der Waals surface area contributed by atoms with E-state index in [2.05, 4.69) is 138 Å². The molecule has 11 rings (SSSR count). The second kappa shape index (κ2) is 13.0. The van der Waals surface area contributed by atoms with Crippen LogP contribution in [0.4, 0.5) is 17.1 Å². The van der Waals surface area contributed by atoms with Gasteiger partial charge in [-0.1, -0.05) is 146 Å². The average molecular weight is 717 g/mol. The molecule has 2 aromatic heterocycles. The SMILES string of the molecule is c1ccc(-c2nc(-c3ccccc3)nc(-c3cc4ccccc4c4c3oc3cc(N(c5ccc6ccccc6c5)c5ccc6ccccc6c5)ccc34)n2)cc1. The molecule has 0 saturated carbocycles. The highest BCUT2D eigenvalue weighted by molar-refractivity contribution is 6.22. The van der Waals surface area contributed by atoms with Gasteiger partial charge in [0.25, 0.3) is 0 Å². The molecule has 0 bridgehead atoms. The molecule has 0 spiro atoms. The number of rotatable bonds is 6. The standard InChI is InChI=1S/C51H32N4O/c1-3-15-35(16-4-1)49-52-50(36-17-5-2-6-18-36)54-51(53-49)45-31-39-21-11-12-22-43(39)47-44-28-27-42(32-46(44)56-48(45)47)55(40-25-23-33-13-7-9-19-37(33)29-40)41-26-24-34-14-8-10-20-38(34)30-41/h1-32H. The number of furan rings is 1. The van der Waals surface area contributed by atoms with E-state index in [0.29, 0.717) is 17.5 Å². The average Bonchev–Trinajstić information content (AvgIpc) is 3.66. The summed E-state index contributed by atoms with van der Waals surface area (Å²) in [6.45, 7) is 0. The molecule has 262 valence electrons. The third-order valence-electron chi connectivity index (χ3n) is 10.6. The third-order valence-corrected chi connectivity index (χ3v) is 10.6. The summed E-state index contributed by atoms with van der Waals surface area (Å²) < 4.78 is 7.01. The Morgan fingerprint density at radius 2 is 0.839 bits per heavy atom.